The minimum Gasteiger partial charge on any atom is -0.338 e. The molecule has 0 aromatic heterocycles. The first-order chi connectivity index (χ1) is 8.20. The Kier molecular flexibility index (Phi) is 7.12. The Labute approximate surface area is 114 Å². The molecule has 1 aliphatic heterocycles. The van der Waals surface area contributed by atoms with Crippen LogP contribution < -0.4 is 5.32 Å². The van der Waals surface area contributed by atoms with Crippen LogP contribution in [0.25, 0.3) is 0 Å². The Morgan fingerprint density at radius 3 is 2.29 bits per heavy atom. The van der Waals surface area contributed by atoms with Crippen molar-refractivity contribution in [2.24, 2.45) is 0 Å². The van der Waals surface area contributed by atoms with Crippen LogP contribution in [0.2, 0.25) is 0 Å². The Bertz CT molecular complexity index is 235. The van der Waals surface area contributed by atoms with Gasteiger partial charge in [0.1, 0.15) is 6.04 Å². The minimum atomic E-state index is 0.0353. The molecule has 1 fully saturated rings. The molecule has 2 atom stereocenters. The molecular weight excluding hydrogens is 280 g/mol. The molecule has 1 rings (SSSR count). The van der Waals surface area contributed by atoms with E-state index < -0.39 is 0 Å². The summed E-state index contributed by atoms with van der Waals surface area (Å²) in [5.41, 5.74) is 0. The van der Waals surface area contributed by atoms with Crippen molar-refractivity contribution < 1.29 is 4.79 Å². The average molecular weight is 305 g/mol. The number of nitrogens with zero attached hydrogens (tertiary/aromatic N) is 1. The van der Waals surface area contributed by atoms with Gasteiger partial charge in [-0.15, -0.1) is 0 Å². The molecular formula is C13H25BrN2O. The Balaban J connectivity index is 2.33. The lowest BCUT2D eigenvalue weighted by Gasteiger charge is -2.20. The van der Waals surface area contributed by atoms with Gasteiger partial charge in [-0.2, -0.15) is 0 Å². The lowest BCUT2D eigenvalue weighted by Crippen LogP contribution is -2.31. The van der Waals surface area contributed by atoms with E-state index in [2.05, 4.69) is 39.2 Å². The molecule has 3 nitrogen and oxygen atoms in total. The van der Waals surface area contributed by atoms with E-state index in [0.29, 0.717) is 0 Å². The number of nitrogens with one attached hydrogen (secondary N) is 1. The quantitative estimate of drug-likeness (QED) is 0.549. The molecule has 0 aromatic rings. The third kappa shape index (κ3) is 4.59. The second-order valence-corrected chi connectivity index (χ2v) is 5.70. The first-order valence-corrected chi connectivity index (χ1v) is 7.66. The van der Waals surface area contributed by atoms with Gasteiger partial charge in [0.05, 0.1) is 6.17 Å². The maximum Gasteiger partial charge on any atom is 0.239 e. The van der Waals surface area contributed by atoms with Gasteiger partial charge in [0.15, 0.2) is 0 Å². The SMILES string of the molecule is CCCCCC1NC(=O)C(CCCCC)N1Br. The molecule has 17 heavy (non-hydrogen) atoms. The number of hydrogen-bond acceptors (Lipinski definition) is 2. The molecule has 1 saturated heterocycles. The molecule has 1 heterocycles. The largest absolute Gasteiger partial charge is 0.338 e. The van der Waals surface area contributed by atoms with Crippen LogP contribution in [0.3, 0.4) is 0 Å². The first kappa shape index (κ1) is 15.0. The van der Waals surface area contributed by atoms with Crippen molar-refractivity contribution in [1.29, 1.82) is 0 Å². The normalized spacial score (nSPS) is 25.2. The molecule has 100 valence electrons. The van der Waals surface area contributed by atoms with Crippen LogP contribution in [-0.4, -0.2) is 22.0 Å². The summed E-state index contributed by atoms with van der Waals surface area (Å²) in [6.07, 6.45) is 9.42. The van der Waals surface area contributed by atoms with Crippen LogP contribution in [0.4, 0.5) is 0 Å². The zero-order valence-corrected chi connectivity index (χ0v) is 12.6. The van der Waals surface area contributed by atoms with Crippen LogP contribution >= 0.6 is 16.1 Å². The summed E-state index contributed by atoms with van der Waals surface area (Å²) >= 11 is 3.57. The van der Waals surface area contributed by atoms with Gasteiger partial charge in [-0.25, -0.2) is 3.93 Å². The predicted octanol–water partition coefficient (Wildman–Crippen LogP) is 3.58. The third-order valence-corrected chi connectivity index (χ3v) is 4.36. The number of carbonyl (C=O) groups excluding carboxylic acids is 1. The molecule has 0 aliphatic carbocycles. The standard InChI is InChI=1S/C13H25BrN2O/c1-3-5-7-9-11-13(17)15-12(16(11)14)10-8-6-4-2/h11-12H,3-10H2,1-2H3,(H,15,17). The van der Waals surface area contributed by atoms with E-state index in [0.717, 1.165) is 19.3 Å². The van der Waals surface area contributed by atoms with Crippen LogP contribution in [0.15, 0.2) is 0 Å². The summed E-state index contributed by atoms with van der Waals surface area (Å²) in [6.45, 7) is 4.39. The zero-order valence-electron chi connectivity index (χ0n) is 11.0. The van der Waals surface area contributed by atoms with Gasteiger partial charge in [0.25, 0.3) is 0 Å². The van der Waals surface area contributed by atoms with Crippen LogP contribution in [0.5, 0.6) is 0 Å². The highest BCUT2D eigenvalue weighted by molar-refractivity contribution is 9.07. The highest BCUT2D eigenvalue weighted by Gasteiger charge is 2.37. The first-order valence-electron chi connectivity index (χ1n) is 6.95. The number of carbonyl (C=O) groups is 1. The number of amides is 1. The molecule has 1 aliphatic rings. The molecule has 0 spiro atoms. The molecule has 2 unspecified atom stereocenters. The van der Waals surface area contributed by atoms with Gasteiger partial charge in [-0.05, 0) is 12.8 Å². The fourth-order valence-corrected chi connectivity index (χ4v) is 2.97. The van der Waals surface area contributed by atoms with E-state index in [4.69, 9.17) is 0 Å². The summed E-state index contributed by atoms with van der Waals surface area (Å²) in [6, 6.07) is 0.0353. The molecule has 1 N–H and O–H groups in total. The monoisotopic (exact) mass is 304 g/mol. The van der Waals surface area contributed by atoms with Gasteiger partial charge < -0.3 is 5.32 Å². The average Bonchev–Trinajstić information content (AvgIpc) is 2.57. The van der Waals surface area contributed by atoms with Crippen LogP contribution in [0, 0.1) is 0 Å². The molecule has 0 bridgehead atoms. The van der Waals surface area contributed by atoms with E-state index in [1.807, 2.05) is 0 Å². The topological polar surface area (TPSA) is 32.3 Å². The molecule has 1 amide bonds. The van der Waals surface area contributed by atoms with Crippen molar-refractivity contribution in [3.05, 3.63) is 0 Å². The van der Waals surface area contributed by atoms with Gasteiger partial charge in [-0.3, -0.25) is 4.79 Å². The lowest BCUT2D eigenvalue weighted by molar-refractivity contribution is -0.121. The third-order valence-electron chi connectivity index (χ3n) is 3.37. The van der Waals surface area contributed by atoms with Crippen molar-refractivity contribution in [2.75, 3.05) is 0 Å². The maximum absolute atomic E-state index is 11.8. The number of halogens is 1. The second kappa shape index (κ2) is 8.09. The van der Waals surface area contributed by atoms with Gasteiger partial charge >= 0.3 is 0 Å². The van der Waals surface area contributed by atoms with Crippen molar-refractivity contribution in [2.45, 2.75) is 77.4 Å². The van der Waals surface area contributed by atoms with E-state index in [9.17, 15) is 4.79 Å². The van der Waals surface area contributed by atoms with Crippen molar-refractivity contribution in [1.82, 2.24) is 9.24 Å². The van der Waals surface area contributed by atoms with Crippen LogP contribution in [0.1, 0.15) is 65.2 Å². The molecule has 0 saturated carbocycles. The highest BCUT2D eigenvalue weighted by atomic mass is 79.9. The van der Waals surface area contributed by atoms with Crippen LogP contribution in [-0.2, 0) is 4.79 Å². The minimum absolute atomic E-state index is 0.0353. The number of hydrogen-bond donors (Lipinski definition) is 1. The van der Waals surface area contributed by atoms with E-state index in [1.54, 1.807) is 0 Å². The lowest BCUT2D eigenvalue weighted by atomic mass is 10.1. The van der Waals surface area contributed by atoms with Crippen molar-refractivity contribution in [3.63, 3.8) is 0 Å². The Hall–Kier alpha value is -0.0900. The van der Waals surface area contributed by atoms with Crippen molar-refractivity contribution in [3.8, 4) is 0 Å². The Morgan fingerprint density at radius 1 is 1.12 bits per heavy atom. The van der Waals surface area contributed by atoms with E-state index in [-0.39, 0.29) is 18.1 Å². The van der Waals surface area contributed by atoms with Gasteiger partial charge in [-0.1, -0.05) is 52.4 Å². The van der Waals surface area contributed by atoms with Gasteiger partial charge in [0.2, 0.25) is 5.91 Å². The summed E-state index contributed by atoms with van der Waals surface area (Å²) in [5, 5.41) is 3.08. The smallest absolute Gasteiger partial charge is 0.239 e. The molecule has 0 radical (unpaired) electrons. The Morgan fingerprint density at radius 2 is 1.71 bits per heavy atom. The van der Waals surface area contributed by atoms with Gasteiger partial charge in [0, 0.05) is 16.1 Å². The predicted molar refractivity (Wildman–Crippen MR) is 74.8 cm³/mol. The summed E-state index contributed by atoms with van der Waals surface area (Å²) in [7, 11) is 0. The summed E-state index contributed by atoms with van der Waals surface area (Å²) in [5.74, 6) is 0.194. The summed E-state index contributed by atoms with van der Waals surface area (Å²) in [4.78, 5) is 11.8. The van der Waals surface area contributed by atoms with E-state index in [1.165, 1.54) is 32.1 Å². The highest BCUT2D eigenvalue weighted by Crippen LogP contribution is 2.25. The molecule has 0 aromatic carbocycles. The maximum atomic E-state index is 11.8. The molecule has 4 heteroatoms. The van der Waals surface area contributed by atoms with E-state index >= 15 is 0 Å². The number of rotatable bonds is 8. The fourth-order valence-electron chi connectivity index (χ4n) is 2.28. The zero-order chi connectivity index (χ0) is 12.7. The summed E-state index contributed by atoms with van der Waals surface area (Å²) < 4.78 is 2.06. The number of unbranched alkanes of at least 4 members (excludes halogenated alkanes) is 4. The van der Waals surface area contributed by atoms with Crippen molar-refractivity contribution >= 4 is 22.1 Å². The fraction of sp³-hybridized carbons (Fsp3) is 0.923. The second-order valence-electron chi connectivity index (χ2n) is 4.88.